The van der Waals surface area contributed by atoms with Crippen molar-refractivity contribution in [3.63, 3.8) is 0 Å². The maximum absolute atomic E-state index is 12.0. The highest BCUT2D eigenvalue weighted by Gasteiger charge is 2.32. The topological polar surface area (TPSA) is 70.2 Å². The number of carbonyl (C=O) groups is 1. The molecule has 1 aromatic rings. The van der Waals surface area contributed by atoms with Crippen LogP contribution >= 0.6 is 0 Å². The highest BCUT2D eigenvalue weighted by Crippen LogP contribution is 2.30. The predicted molar refractivity (Wildman–Crippen MR) is 80.0 cm³/mol. The molecule has 1 saturated heterocycles. The van der Waals surface area contributed by atoms with Gasteiger partial charge in [0.15, 0.2) is 0 Å². The van der Waals surface area contributed by atoms with Gasteiger partial charge in [-0.25, -0.2) is 9.97 Å². The smallest absolute Gasteiger partial charge is 0.242 e. The minimum Gasteiger partial charge on any atom is -0.370 e. The van der Waals surface area contributed by atoms with E-state index >= 15 is 0 Å². The van der Waals surface area contributed by atoms with Crippen molar-refractivity contribution in [1.82, 2.24) is 15.3 Å². The van der Waals surface area contributed by atoms with E-state index in [0.717, 1.165) is 49.6 Å². The largest absolute Gasteiger partial charge is 0.370 e. The molecule has 110 valence electrons. The lowest BCUT2D eigenvalue weighted by atomic mass is 10.1. The number of aromatic nitrogens is 2. The second-order valence-electron chi connectivity index (χ2n) is 4.87. The summed E-state index contributed by atoms with van der Waals surface area (Å²) >= 11 is 0. The molecule has 0 aromatic carbocycles. The van der Waals surface area contributed by atoms with Crippen molar-refractivity contribution in [3.05, 3.63) is 11.9 Å². The molecule has 2 N–H and O–H groups in total. The Hall–Kier alpha value is -1.85. The van der Waals surface area contributed by atoms with Gasteiger partial charge in [0, 0.05) is 25.7 Å². The molecule has 0 aliphatic carbocycles. The molecule has 1 aromatic heterocycles. The fraction of sp³-hybridized carbons (Fsp3) is 0.643. The van der Waals surface area contributed by atoms with E-state index in [1.54, 1.807) is 13.4 Å². The number of likely N-dealkylation sites (N-methyl/N-ethyl adjacent to an activating group) is 1. The number of hydrogen-bond donors (Lipinski definition) is 2. The third-order valence-electron chi connectivity index (χ3n) is 3.69. The van der Waals surface area contributed by atoms with Gasteiger partial charge in [-0.3, -0.25) is 4.79 Å². The van der Waals surface area contributed by atoms with E-state index in [9.17, 15) is 4.79 Å². The summed E-state index contributed by atoms with van der Waals surface area (Å²) in [5.74, 6) is 1.83. The first-order valence-corrected chi connectivity index (χ1v) is 7.28. The normalized spacial score (nSPS) is 18.1. The quantitative estimate of drug-likeness (QED) is 0.846. The molecule has 1 amide bonds. The van der Waals surface area contributed by atoms with E-state index in [2.05, 4.69) is 32.4 Å². The summed E-state index contributed by atoms with van der Waals surface area (Å²) in [5.41, 5.74) is 1.09. The maximum atomic E-state index is 12.0. The number of nitrogens with one attached hydrogen (secondary N) is 2. The van der Waals surface area contributed by atoms with Crippen LogP contribution in [0.4, 0.5) is 11.6 Å². The summed E-state index contributed by atoms with van der Waals surface area (Å²) in [6, 6.07) is -0.116. The first kappa shape index (κ1) is 14.6. The lowest BCUT2D eigenvalue weighted by molar-refractivity contribution is -0.121. The molecule has 1 fully saturated rings. The van der Waals surface area contributed by atoms with Crippen LogP contribution in [-0.4, -0.2) is 42.1 Å². The highest BCUT2D eigenvalue weighted by atomic mass is 16.2. The lowest BCUT2D eigenvalue weighted by Gasteiger charge is -2.27. The second kappa shape index (κ2) is 6.54. The van der Waals surface area contributed by atoms with E-state index in [4.69, 9.17) is 0 Å². The molecule has 20 heavy (non-hydrogen) atoms. The molecule has 6 nitrogen and oxygen atoms in total. The number of amides is 1. The number of anilines is 2. The Kier molecular flexibility index (Phi) is 4.76. The third kappa shape index (κ3) is 2.69. The van der Waals surface area contributed by atoms with E-state index < -0.39 is 0 Å². The van der Waals surface area contributed by atoms with Crippen LogP contribution < -0.4 is 15.5 Å². The van der Waals surface area contributed by atoms with Crippen LogP contribution in [0.5, 0.6) is 0 Å². The fourth-order valence-electron chi connectivity index (χ4n) is 2.76. The van der Waals surface area contributed by atoms with Gasteiger partial charge < -0.3 is 15.5 Å². The molecule has 0 radical (unpaired) electrons. The Morgan fingerprint density at radius 3 is 2.90 bits per heavy atom. The molecule has 0 bridgehead atoms. The van der Waals surface area contributed by atoms with Crippen LogP contribution in [-0.2, 0) is 11.2 Å². The Morgan fingerprint density at radius 2 is 2.25 bits per heavy atom. The van der Waals surface area contributed by atoms with Gasteiger partial charge in [-0.2, -0.15) is 0 Å². The van der Waals surface area contributed by atoms with Gasteiger partial charge in [0.2, 0.25) is 5.91 Å². The van der Waals surface area contributed by atoms with Crippen LogP contribution in [0.2, 0.25) is 0 Å². The van der Waals surface area contributed by atoms with Crippen LogP contribution in [0.15, 0.2) is 6.33 Å². The van der Waals surface area contributed by atoms with Crippen LogP contribution in [0.1, 0.15) is 32.3 Å². The molecule has 2 rings (SSSR count). The van der Waals surface area contributed by atoms with Crippen molar-refractivity contribution in [2.45, 2.75) is 39.2 Å². The molecule has 2 heterocycles. The molecule has 1 atom stereocenters. The monoisotopic (exact) mass is 277 g/mol. The van der Waals surface area contributed by atoms with Crippen molar-refractivity contribution >= 4 is 17.5 Å². The predicted octanol–water partition coefficient (Wildman–Crippen LogP) is 1.19. The Bertz CT molecular complexity index is 477. The van der Waals surface area contributed by atoms with Gasteiger partial charge >= 0.3 is 0 Å². The molecular formula is C14H23N5O. The average Bonchev–Trinajstić information content (AvgIpc) is 2.95. The van der Waals surface area contributed by atoms with Crippen molar-refractivity contribution in [1.29, 1.82) is 0 Å². The lowest BCUT2D eigenvalue weighted by Crippen LogP contribution is -2.42. The van der Waals surface area contributed by atoms with Crippen LogP contribution in [0.25, 0.3) is 0 Å². The summed E-state index contributed by atoms with van der Waals surface area (Å²) in [4.78, 5) is 22.9. The minimum absolute atomic E-state index is 0.0631. The Labute approximate surface area is 120 Å². The standard InChI is InChI=1S/C14H23N5O/c1-4-10-12(16-5-2)17-9-18-13(10)19-8-6-7-11(19)14(20)15-3/h9,11H,4-8H2,1-3H3,(H,15,20)(H,16,17,18). The third-order valence-corrected chi connectivity index (χ3v) is 3.69. The summed E-state index contributed by atoms with van der Waals surface area (Å²) in [7, 11) is 1.68. The van der Waals surface area contributed by atoms with Crippen molar-refractivity contribution in [2.24, 2.45) is 0 Å². The van der Waals surface area contributed by atoms with Gasteiger partial charge in [0.1, 0.15) is 24.0 Å². The van der Waals surface area contributed by atoms with Gasteiger partial charge in [0.25, 0.3) is 0 Å². The molecule has 1 aliphatic heterocycles. The van der Waals surface area contributed by atoms with Crippen LogP contribution in [0.3, 0.4) is 0 Å². The Morgan fingerprint density at radius 1 is 1.45 bits per heavy atom. The van der Waals surface area contributed by atoms with E-state index in [-0.39, 0.29) is 11.9 Å². The van der Waals surface area contributed by atoms with E-state index in [1.807, 2.05) is 6.92 Å². The Balaban J connectivity index is 2.36. The van der Waals surface area contributed by atoms with Gasteiger partial charge in [-0.05, 0) is 26.2 Å². The summed E-state index contributed by atoms with van der Waals surface area (Å²) in [6.07, 6.45) is 4.31. The number of hydrogen-bond acceptors (Lipinski definition) is 5. The van der Waals surface area contributed by atoms with Crippen LogP contribution in [0, 0.1) is 0 Å². The zero-order valence-corrected chi connectivity index (χ0v) is 12.4. The molecule has 1 aliphatic rings. The molecule has 0 saturated carbocycles. The molecule has 0 spiro atoms. The zero-order chi connectivity index (χ0) is 14.5. The van der Waals surface area contributed by atoms with Crippen molar-refractivity contribution < 1.29 is 4.79 Å². The number of nitrogens with zero attached hydrogens (tertiary/aromatic N) is 3. The number of rotatable bonds is 5. The highest BCUT2D eigenvalue weighted by molar-refractivity contribution is 5.85. The minimum atomic E-state index is -0.116. The summed E-state index contributed by atoms with van der Waals surface area (Å²) < 4.78 is 0. The average molecular weight is 277 g/mol. The fourth-order valence-corrected chi connectivity index (χ4v) is 2.76. The second-order valence-corrected chi connectivity index (χ2v) is 4.87. The zero-order valence-electron chi connectivity index (χ0n) is 12.4. The van der Waals surface area contributed by atoms with E-state index in [0.29, 0.717) is 0 Å². The van der Waals surface area contributed by atoms with Crippen molar-refractivity contribution in [3.8, 4) is 0 Å². The van der Waals surface area contributed by atoms with Gasteiger partial charge in [0.05, 0.1) is 0 Å². The molecule has 6 heteroatoms. The summed E-state index contributed by atoms with van der Waals surface area (Å²) in [5, 5.41) is 6.01. The number of carbonyl (C=O) groups excluding carboxylic acids is 1. The molecular weight excluding hydrogens is 254 g/mol. The summed E-state index contributed by atoms with van der Waals surface area (Å²) in [6.45, 7) is 5.83. The first-order valence-electron chi connectivity index (χ1n) is 7.28. The molecule has 1 unspecified atom stereocenters. The van der Waals surface area contributed by atoms with Gasteiger partial charge in [-0.15, -0.1) is 0 Å². The van der Waals surface area contributed by atoms with Gasteiger partial charge in [-0.1, -0.05) is 6.92 Å². The van der Waals surface area contributed by atoms with Crippen molar-refractivity contribution in [2.75, 3.05) is 30.4 Å². The van der Waals surface area contributed by atoms with E-state index in [1.165, 1.54) is 0 Å². The first-order chi connectivity index (χ1) is 9.72. The SMILES string of the molecule is CCNc1ncnc(N2CCCC2C(=O)NC)c1CC. The maximum Gasteiger partial charge on any atom is 0.242 e.